The lowest BCUT2D eigenvalue weighted by atomic mass is 10.1. The summed E-state index contributed by atoms with van der Waals surface area (Å²) in [5.41, 5.74) is 0.497. The number of hydrogen-bond acceptors (Lipinski definition) is 6. The summed E-state index contributed by atoms with van der Waals surface area (Å²) in [6.45, 7) is 3.33. The maximum absolute atomic E-state index is 12.5. The van der Waals surface area contributed by atoms with Gasteiger partial charge in [0.1, 0.15) is 0 Å². The van der Waals surface area contributed by atoms with Crippen LogP contribution in [-0.2, 0) is 9.59 Å². The molecule has 9 heteroatoms. The maximum Gasteiger partial charge on any atom is 0.317 e. The molecule has 2 unspecified atom stereocenters. The Labute approximate surface area is 158 Å². The van der Waals surface area contributed by atoms with Gasteiger partial charge in [0.15, 0.2) is 0 Å². The Kier molecular flexibility index (Phi) is 7.26. The Balaban J connectivity index is 1.90. The van der Waals surface area contributed by atoms with Gasteiger partial charge in [0.05, 0.1) is 17.5 Å². The standard InChI is InChI=1S/C18H26N4O5/c1-13(18(25)19-14-5-7-16(8-6-14)22(26)27)21-10-3-4-15(9-11-21)20(2)12-17(23)24/h5-8,13,15H,3-4,9-12H2,1-2H3,(H,19,25)(H,23,24). The number of hydrogen-bond donors (Lipinski definition) is 2. The summed E-state index contributed by atoms with van der Waals surface area (Å²) in [5.74, 6) is -1.00. The highest BCUT2D eigenvalue weighted by Gasteiger charge is 2.27. The van der Waals surface area contributed by atoms with Crippen LogP contribution in [0.2, 0.25) is 0 Å². The van der Waals surface area contributed by atoms with Crippen LogP contribution in [0.5, 0.6) is 0 Å². The number of nitrogens with zero attached hydrogens (tertiary/aromatic N) is 3. The van der Waals surface area contributed by atoms with Crippen LogP contribution in [0.25, 0.3) is 0 Å². The molecule has 148 valence electrons. The normalized spacial score (nSPS) is 19.3. The molecule has 27 heavy (non-hydrogen) atoms. The van der Waals surface area contributed by atoms with E-state index in [4.69, 9.17) is 5.11 Å². The molecule has 2 rings (SSSR count). The first-order valence-corrected chi connectivity index (χ1v) is 8.99. The molecule has 0 aromatic heterocycles. The highest BCUT2D eigenvalue weighted by molar-refractivity contribution is 5.94. The quantitative estimate of drug-likeness (QED) is 0.549. The molecule has 1 aromatic rings. The molecule has 0 spiro atoms. The van der Waals surface area contributed by atoms with E-state index in [1.807, 2.05) is 18.9 Å². The second kappa shape index (κ2) is 9.43. The number of likely N-dealkylation sites (tertiary alicyclic amines) is 1. The van der Waals surface area contributed by atoms with Gasteiger partial charge in [0.2, 0.25) is 5.91 Å². The molecule has 1 aliphatic heterocycles. The lowest BCUT2D eigenvalue weighted by Gasteiger charge is -2.28. The Morgan fingerprint density at radius 1 is 1.33 bits per heavy atom. The Bertz CT molecular complexity index is 679. The molecule has 1 aromatic carbocycles. The number of anilines is 1. The molecule has 1 saturated heterocycles. The van der Waals surface area contributed by atoms with Crippen molar-refractivity contribution in [3.05, 3.63) is 34.4 Å². The number of amides is 1. The molecular weight excluding hydrogens is 352 g/mol. The third-order valence-corrected chi connectivity index (χ3v) is 5.01. The second-order valence-corrected chi connectivity index (χ2v) is 6.90. The molecule has 1 fully saturated rings. The number of nitrogens with one attached hydrogen (secondary N) is 1. The molecule has 0 bridgehead atoms. The zero-order valence-corrected chi connectivity index (χ0v) is 15.6. The zero-order valence-electron chi connectivity index (χ0n) is 15.6. The predicted octanol–water partition coefficient (Wildman–Crippen LogP) is 1.79. The molecule has 0 saturated carbocycles. The van der Waals surface area contributed by atoms with Gasteiger partial charge in [-0.2, -0.15) is 0 Å². The number of nitro groups is 1. The molecule has 9 nitrogen and oxygen atoms in total. The van der Waals surface area contributed by atoms with Crippen LogP contribution < -0.4 is 5.32 Å². The second-order valence-electron chi connectivity index (χ2n) is 6.90. The largest absolute Gasteiger partial charge is 0.480 e. The van der Waals surface area contributed by atoms with E-state index in [0.717, 1.165) is 25.8 Å². The van der Waals surface area contributed by atoms with Gasteiger partial charge in [-0.3, -0.25) is 29.5 Å². The van der Waals surface area contributed by atoms with E-state index in [0.29, 0.717) is 12.2 Å². The minimum atomic E-state index is -0.838. The molecular formula is C18H26N4O5. The number of likely N-dealkylation sites (N-methyl/N-ethyl adjacent to an activating group) is 1. The maximum atomic E-state index is 12.5. The fraction of sp³-hybridized carbons (Fsp3) is 0.556. The number of nitro benzene ring substituents is 1. The molecule has 2 N–H and O–H groups in total. The van der Waals surface area contributed by atoms with E-state index >= 15 is 0 Å². The summed E-state index contributed by atoms with van der Waals surface area (Å²) in [5, 5.41) is 22.4. The van der Waals surface area contributed by atoms with Crippen molar-refractivity contribution >= 4 is 23.3 Å². The first kappa shape index (κ1) is 20.8. The van der Waals surface area contributed by atoms with Gasteiger partial charge >= 0.3 is 5.97 Å². The van der Waals surface area contributed by atoms with Crippen LogP contribution >= 0.6 is 0 Å². The number of carbonyl (C=O) groups excluding carboxylic acids is 1. The van der Waals surface area contributed by atoms with Crippen molar-refractivity contribution in [3.63, 3.8) is 0 Å². The number of carboxylic acids is 1. The smallest absolute Gasteiger partial charge is 0.317 e. The number of aliphatic carboxylic acids is 1. The predicted molar refractivity (Wildman–Crippen MR) is 101 cm³/mol. The van der Waals surface area contributed by atoms with Crippen LogP contribution in [0, 0.1) is 10.1 Å². The van der Waals surface area contributed by atoms with E-state index in [2.05, 4.69) is 10.2 Å². The summed E-state index contributed by atoms with van der Waals surface area (Å²) in [6.07, 6.45) is 2.60. The van der Waals surface area contributed by atoms with Gasteiger partial charge in [0.25, 0.3) is 5.69 Å². The Morgan fingerprint density at radius 2 is 2.00 bits per heavy atom. The lowest BCUT2D eigenvalue weighted by molar-refractivity contribution is -0.384. The Morgan fingerprint density at radius 3 is 2.59 bits per heavy atom. The van der Waals surface area contributed by atoms with E-state index in [1.54, 1.807) is 0 Å². The van der Waals surface area contributed by atoms with E-state index in [-0.39, 0.29) is 30.2 Å². The van der Waals surface area contributed by atoms with Crippen LogP contribution in [0.3, 0.4) is 0 Å². The third-order valence-electron chi connectivity index (χ3n) is 5.01. The summed E-state index contributed by atoms with van der Waals surface area (Å²) < 4.78 is 0. The summed E-state index contributed by atoms with van der Waals surface area (Å²) in [4.78, 5) is 37.6. The number of carboxylic acid groups (broad SMARTS) is 1. The average Bonchev–Trinajstić information content (AvgIpc) is 2.87. The van der Waals surface area contributed by atoms with Gasteiger partial charge < -0.3 is 10.4 Å². The van der Waals surface area contributed by atoms with Crippen LogP contribution in [0.1, 0.15) is 26.2 Å². The van der Waals surface area contributed by atoms with Crippen molar-refractivity contribution in [2.45, 2.75) is 38.3 Å². The van der Waals surface area contributed by atoms with Crippen molar-refractivity contribution < 1.29 is 19.6 Å². The Hall–Kier alpha value is -2.52. The van der Waals surface area contributed by atoms with Crippen molar-refractivity contribution in [1.29, 1.82) is 0 Å². The first-order valence-electron chi connectivity index (χ1n) is 8.99. The minimum Gasteiger partial charge on any atom is -0.480 e. The number of benzene rings is 1. The number of carbonyl (C=O) groups is 2. The van der Waals surface area contributed by atoms with Crippen LogP contribution in [0.15, 0.2) is 24.3 Å². The third kappa shape index (κ3) is 6.00. The fourth-order valence-electron chi connectivity index (χ4n) is 3.35. The van der Waals surface area contributed by atoms with Crippen molar-refractivity contribution in [2.24, 2.45) is 0 Å². The van der Waals surface area contributed by atoms with E-state index in [9.17, 15) is 19.7 Å². The average molecular weight is 378 g/mol. The number of non-ortho nitro benzene ring substituents is 1. The molecule has 0 aliphatic carbocycles. The van der Waals surface area contributed by atoms with E-state index in [1.165, 1.54) is 24.3 Å². The topological polar surface area (TPSA) is 116 Å². The first-order chi connectivity index (χ1) is 12.8. The number of rotatable bonds is 7. The highest BCUT2D eigenvalue weighted by Crippen LogP contribution is 2.19. The zero-order chi connectivity index (χ0) is 20.0. The highest BCUT2D eigenvalue weighted by atomic mass is 16.6. The van der Waals surface area contributed by atoms with E-state index < -0.39 is 10.9 Å². The lowest BCUT2D eigenvalue weighted by Crippen LogP contribution is -2.43. The van der Waals surface area contributed by atoms with Gasteiger partial charge in [-0.1, -0.05) is 0 Å². The summed E-state index contributed by atoms with van der Waals surface area (Å²) in [6, 6.07) is 5.59. The summed E-state index contributed by atoms with van der Waals surface area (Å²) >= 11 is 0. The van der Waals surface area contributed by atoms with Crippen LogP contribution in [-0.4, -0.2) is 70.5 Å². The molecule has 1 amide bonds. The minimum absolute atomic E-state index is 0.0147. The van der Waals surface area contributed by atoms with Crippen LogP contribution in [0.4, 0.5) is 11.4 Å². The SMILES string of the molecule is CC(C(=O)Nc1ccc([N+](=O)[O-])cc1)N1CCCC(N(C)CC(=O)O)CC1. The molecule has 1 heterocycles. The monoisotopic (exact) mass is 378 g/mol. The summed E-state index contributed by atoms with van der Waals surface area (Å²) in [7, 11) is 1.82. The molecule has 0 radical (unpaired) electrons. The van der Waals surface area contributed by atoms with Crippen molar-refractivity contribution in [3.8, 4) is 0 Å². The van der Waals surface area contributed by atoms with Crippen molar-refractivity contribution in [2.75, 3.05) is 32.0 Å². The van der Waals surface area contributed by atoms with Gasteiger partial charge in [0, 0.05) is 30.4 Å². The van der Waals surface area contributed by atoms with Gasteiger partial charge in [-0.15, -0.1) is 0 Å². The molecule has 2 atom stereocenters. The van der Waals surface area contributed by atoms with Gasteiger partial charge in [-0.25, -0.2) is 0 Å². The van der Waals surface area contributed by atoms with Gasteiger partial charge in [-0.05, 0) is 51.9 Å². The fourth-order valence-corrected chi connectivity index (χ4v) is 3.35. The van der Waals surface area contributed by atoms with Crippen molar-refractivity contribution in [1.82, 2.24) is 9.80 Å². The molecule has 1 aliphatic rings.